The summed E-state index contributed by atoms with van der Waals surface area (Å²) in [6.45, 7) is 5.20. The SMILES string of the molecule is CCCCCCCC1CN=C(N)N1c1ccc(C)cc1. The van der Waals surface area contributed by atoms with E-state index < -0.39 is 0 Å². The average molecular weight is 273 g/mol. The van der Waals surface area contributed by atoms with Gasteiger partial charge in [-0.25, -0.2) is 0 Å². The van der Waals surface area contributed by atoms with Crippen LogP contribution in [0.1, 0.15) is 51.0 Å². The summed E-state index contributed by atoms with van der Waals surface area (Å²) in [4.78, 5) is 6.64. The molecule has 0 saturated heterocycles. The molecule has 0 saturated carbocycles. The van der Waals surface area contributed by atoms with Crippen LogP contribution in [-0.4, -0.2) is 18.5 Å². The molecular formula is C17H27N3. The highest BCUT2D eigenvalue weighted by Crippen LogP contribution is 2.24. The first-order valence-electron chi connectivity index (χ1n) is 7.88. The molecule has 0 amide bonds. The monoisotopic (exact) mass is 273 g/mol. The zero-order valence-corrected chi connectivity index (χ0v) is 12.8. The largest absolute Gasteiger partial charge is 0.370 e. The fraction of sp³-hybridized carbons (Fsp3) is 0.588. The predicted molar refractivity (Wildman–Crippen MR) is 87.3 cm³/mol. The fourth-order valence-electron chi connectivity index (χ4n) is 2.80. The van der Waals surface area contributed by atoms with Gasteiger partial charge in [-0.15, -0.1) is 0 Å². The quantitative estimate of drug-likeness (QED) is 0.766. The standard InChI is InChI=1S/C17H27N3/c1-3-4-5-6-7-8-16-13-19-17(18)20(16)15-11-9-14(2)10-12-15/h9-12,16H,3-8,13H2,1-2H3,(H2,18,19). The topological polar surface area (TPSA) is 41.6 Å². The maximum atomic E-state index is 6.07. The highest BCUT2D eigenvalue weighted by Gasteiger charge is 2.26. The van der Waals surface area contributed by atoms with E-state index in [0.29, 0.717) is 12.0 Å². The van der Waals surface area contributed by atoms with Crippen molar-refractivity contribution in [3.63, 3.8) is 0 Å². The molecule has 0 radical (unpaired) electrons. The van der Waals surface area contributed by atoms with E-state index in [2.05, 4.69) is 48.0 Å². The molecule has 1 heterocycles. The van der Waals surface area contributed by atoms with Crippen molar-refractivity contribution in [1.82, 2.24) is 0 Å². The minimum Gasteiger partial charge on any atom is -0.370 e. The van der Waals surface area contributed by atoms with Crippen molar-refractivity contribution in [2.45, 2.75) is 58.4 Å². The summed E-state index contributed by atoms with van der Waals surface area (Å²) >= 11 is 0. The van der Waals surface area contributed by atoms with Crippen LogP contribution in [0.5, 0.6) is 0 Å². The molecule has 0 spiro atoms. The lowest BCUT2D eigenvalue weighted by atomic mass is 10.1. The number of nitrogens with two attached hydrogens (primary N) is 1. The number of anilines is 1. The van der Waals surface area contributed by atoms with Gasteiger partial charge in [0.1, 0.15) is 0 Å². The Balaban J connectivity index is 1.91. The van der Waals surface area contributed by atoms with Gasteiger partial charge in [0, 0.05) is 5.69 Å². The van der Waals surface area contributed by atoms with Crippen molar-refractivity contribution in [2.75, 3.05) is 11.4 Å². The van der Waals surface area contributed by atoms with Gasteiger partial charge in [0.2, 0.25) is 0 Å². The van der Waals surface area contributed by atoms with Crippen molar-refractivity contribution in [2.24, 2.45) is 10.7 Å². The van der Waals surface area contributed by atoms with E-state index in [1.165, 1.54) is 49.8 Å². The van der Waals surface area contributed by atoms with Crippen LogP contribution in [0.15, 0.2) is 29.3 Å². The van der Waals surface area contributed by atoms with Gasteiger partial charge in [0.05, 0.1) is 12.6 Å². The van der Waals surface area contributed by atoms with Crippen molar-refractivity contribution >= 4 is 11.6 Å². The lowest BCUT2D eigenvalue weighted by molar-refractivity contribution is 0.555. The maximum Gasteiger partial charge on any atom is 0.196 e. The van der Waals surface area contributed by atoms with E-state index in [1.54, 1.807) is 0 Å². The molecule has 1 aromatic rings. The smallest absolute Gasteiger partial charge is 0.196 e. The zero-order chi connectivity index (χ0) is 14.4. The normalized spacial score (nSPS) is 18.4. The molecule has 1 aromatic carbocycles. The Hall–Kier alpha value is -1.51. The number of nitrogens with zero attached hydrogens (tertiary/aromatic N) is 2. The number of hydrogen-bond donors (Lipinski definition) is 1. The van der Waals surface area contributed by atoms with E-state index in [0.717, 1.165) is 6.54 Å². The number of benzene rings is 1. The minimum absolute atomic E-state index is 0.444. The Kier molecular flexibility index (Phi) is 5.45. The maximum absolute atomic E-state index is 6.07. The number of rotatable bonds is 7. The summed E-state index contributed by atoms with van der Waals surface area (Å²) in [5.41, 5.74) is 8.52. The third-order valence-electron chi connectivity index (χ3n) is 4.03. The molecule has 1 atom stereocenters. The number of aryl methyl sites for hydroxylation is 1. The van der Waals surface area contributed by atoms with Crippen LogP contribution in [0.3, 0.4) is 0 Å². The van der Waals surface area contributed by atoms with Crippen LogP contribution in [-0.2, 0) is 0 Å². The van der Waals surface area contributed by atoms with E-state index in [1.807, 2.05) is 0 Å². The summed E-state index contributed by atoms with van der Waals surface area (Å²) in [6.07, 6.45) is 7.79. The van der Waals surface area contributed by atoms with Gasteiger partial charge in [-0.2, -0.15) is 0 Å². The Morgan fingerprint density at radius 1 is 1.15 bits per heavy atom. The Morgan fingerprint density at radius 2 is 1.85 bits per heavy atom. The minimum atomic E-state index is 0.444. The molecule has 0 aliphatic carbocycles. The third-order valence-corrected chi connectivity index (χ3v) is 4.03. The summed E-state index contributed by atoms with van der Waals surface area (Å²) in [6, 6.07) is 9.01. The first-order valence-corrected chi connectivity index (χ1v) is 7.88. The van der Waals surface area contributed by atoms with Gasteiger partial charge in [-0.1, -0.05) is 56.7 Å². The summed E-state index contributed by atoms with van der Waals surface area (Å²) < 4.78 is 0. The van der Waals surface area contributed by atoms with Crippen LogP contribution in [0.4, 0.5) is 5.69 Å². The predicted octanol–water partition coefficient (Wildman–Crippen LogP) is 3.86. The second-order valence-electron chi connectivity index (χ2n) is 5.76. The lowest BCUT2D eigenvalue weighted by Crippen LogP contribution is -2.40. The van der Waals surface area contributed by atoms with Gasteiger partial charge in [-0.3, -0.25) is 4.99 Å². The van der Waals surface area contributed by atoms with Crippen molar-refractivity contribution in [1.29, 1.82) is 0 Å². The van der Waals surface area contributed by atoms with Crippen LogP contribution in [0, 0.1) is 6.92 Å². The number of aliphatic imine (C=N–C) groups is 1. The molecular weight excluding hydrogens is 246 g/mol. The first kappa shape index (κ1) is 14.9. The number of unbranched alkanes of at least 4 members (excludes halogenated alkanes) is 4. The molecule has 2 rings (SSSR count). The molecule has 2 N–H and O–H groups in total. The van der Waals surface area contributed by atoms with Crippen molar-refractivity contribution in [3.05, 3.63) is 29.8 Å². The van der Waals surface area contributed by atoms with Crippen LogP contribution in [0.2, 0.25) is 0 Å². The molecule has 0 fully saturated rings. The van der Waals surface area contributed by atoms with Crippen LogP contribution >= 0.6 is 0 Å². The van der Waals surface area contributed by atoms with Crippen molar-refractivity contribution < 1.29 is 0 Å². The second-order valence-corrected chi connectivity index (χ2v) is 5.76. The molecule has 0 bridgehead atoms. The van der Waals surface area contributed by atoms with E-state index in [9.17, 15) is 0 Å². The summed E-state index contributed by atoms with van der Waals surface area (Å²) in [7, 11) is 0. The Bertz CT molecular complexity index is 436. The third kappa shape index (κ3) is 3.75. The molecule has 110 valence electrons. The number of guanidine groups is 1. The first-order chi connectivity index (χ1) is 9.72. The Morgan fingerprint density at radius 3 is 2.55 bits per heavy atom. The Labute approximate surface area is 122 Å². The van der Waals surface area contributed by atoms with E-state index >= 15 is 0 Å². The molecule has 20 heavy (non-hydrogen) atoms. The molecule has 1 unspecified atom stereocenters. The highest BCUT2D eigenvalue weighted by molar-refractivity contribution is 5.97. The van der Waals surface area contributed by atoms with Gasteiger partial charge in [0.25, 0.3) is 0 Å². The van der Waals surface area contributed by atoms with Gasteiger partial charge < -0.3 is 10.6 Å². The van der Waals surface area contributed by atoms with Crippen LogP contribution in [0.25, 0.3) is 0 Å². The van der Waals surface area contributed by atoms with Gasteiger partial charge >= 0.3 is 0 Å². The van der Waals surface area contributed by atoms with E-state index in [4.69, 9.17) is 5.73 Å². The summed E-state index contributed by atoms with van der Waals surface area (Å²) in [5.74, 6) is 0.674. The number of hydrogen-bond acceptors (Lipinski definition) is 3. The van der Waals surface area contributed by atoms with Gasteiger partial charge in [-0.05, 0) is 25.5 Å². The fourth-order valence-corrected chi connectivity index (χ4v) is 2.80. The molecule has 0 aromatic heterocycles. The van der Waals surface area contributed by atoms with E-state index in [-0.39, 0.29) is 0 Å². The molecule has 3 nitrogen and oxygen atoms in total. The molecule has 1 aliphatic heterocycles. The van der Waals surface area contributed by atoms with Crippen LogP contribution < -0.4 is 10.6 Å². The second kappa shape index (κ2) is 7.32. The molecule has 1 aliphatic rings. The lowest BCUT2D eigenvalue weighted by Gasteiger charge is -2.26. The summed E-state index contributed by atoms with van der Waals surface area (Å²) in [5, 5.41) is 0. The van der Waals surface area contributed by atoms with Crippen molar-refractivity contribution in [3.8, 4) is 0 Å². The average Bonchev–Trinajstić information content (AvgIpc) is 2.81. The van der Waals surface area contributed by atoms with Gasteiger partial charge in [0.15, 0.2) is 5.96 Å². The molecule has 3 heteroatoms. The zero-order valence-electron chi connectivity index (χ0n) is 12.8. The highest BCUT2D eigenvalue weighted by atomic mass is 15.3.